The number of hydrogen-bond acceptors (Lipinski definition) is 3. The smallest absolute Gasteiger partial charge is 0.205 e. The lowest BCUT2D eigenvalue weighted by Gasteiger charge is -2.02. The van der Waals surface area contributed by atoms with Gasteiger partial charge in [0.2, 0.25) is 5.78 Å². The molecule has 5 nitrogen and oxygen atoms in total. The molecule has 7 heteroatoms. The Morgan fingerprint density at radius 1 is 1.30 bits per heavy atom. The number of allylic oxidation sites excluding steroid dienone is 1. The molecule has 0 aliphatic carbocycles. The van der Waals surface area contributed by atoms with Crippen LogP contribution < -0.4 is 0 Å². The Labute approximate surface area is 130 Å². The molecule has 2 aromatic rings. The molecule has 20 heavy (non-hydrogen) atoms. The zero-order valence-corrected chi connectivity index (χ0v) is 13.5. The van der Waals surface area contributed by atoms with E-state index >= 15 is 0 Å². The van der Waals surface area contributed by atoms with Gasteiger partial charge in [-0.2, -0.15) is 10.2 Å². The summed E-state index contributed by atoms with van der Waals surface area (Å²) < 4.78 is 4.07. The van der Waals surface area contributed by atoms with E-state index in [2.05, 4.69) is 26.1 Å². The van der Waals surface area contributed by atoms with Crippen LogP contribution in [-0.4, -0.2) is 25.3 Å². The first-order valence-electron chi connectivity index (χ1n) is 6.23. The van der Waals surface area contributed by atoms with Gasteiger partial charge in [0.1, 0.15) is 5.69 Å². The van der Waals surface area contributed by atoms with Crippen LogP contribution in [0.15, 0.2) is 22.9 Å². The second-order valence-electron chi connectivity index (χ2n) is 4.05. The van der Waals surface area contributed by atoms with Crippen LogP contribution in [0.4, 0.5) is 0 Å². The molecule has 0 bridgehead atoms. The largest absolute Gasteiger partial charge is 0.288 e. The van der Waals surface area contributed by atoms with Gasteiger partial charge in [0.05, 0.1) is 27.6 Å². The first kappa shape index (κ1) is 15.0. The fourth-order valence-electron chi connectivity index (χ4n) is 1.87. The van der Waals surface area contributed by atoms with Gasteiger partial charge in [-0.15, -0.1) is 0 Å². The van der Waals surface area contributed by atoms with Crippen LogP contribution in [0.2, 0.25) is 5.02 Å². The number of carbonyl (C=O) groups excluding carboxylic acids is 1. The number of hydrogen-bond donors (Lipinski definition) is 0. The highest BCUT2D eigenvalue weighted by molar-refractivity contribution is 9.10. The zero-order chi connectivity index (χ0) is 14.7. The molecular formula is C13H14BrClN4O. The number of aromatic nitrogens is 4. The van der Waals surface area contributed by atoms with Crippen LogP contribution in [0, 0.1) is 0 Å². The molecule has 0 aliphatic heterocycles. The summed E-state index contributed by atoms with van der Waals surface area (Å²) in [5.74, 6) is -0.129. The Kier molecular flexibility index (Phi) is 4.77. The lowest BCUT2D eigenvalue weighted by Crippen LogP contribution is -2.08. The summed E-state index contributed by atoms with van der Waals surface area (Å²) in [5, 5.41) is 8.77. The number of aryl methyl sites for hydroxylation is 2. The van der Waals surface area contributed by atoms with Crippen LogP contribution in [0.1, 0.15) is 30.0 Å². The monoisotopic (exact) mass is 356 g/mol. The minimum Gasteiger partial charge on any atom is -0.288 e. The molecule has 0 N–H and O–H groups in total. The van der Waals surface area contributed by atoms with Gasteiger partial charge < -0.3 is 0 Å². The summed E-state index contributed by atoms with van der Waals surface area (Å²) in [6, 6.07) is 0. The average molecular weight is 358 g/mol. The van der Waals surface area contributed by atoms with Crippen molar-refractivity contribution in [3.8, 4) is 0 Å². The molecule has 2 aromatic heterocycles. The van der Waals surface area contributed by atoms with E-state index < -0.39 is 0 Å². The highest BCUT2D eigenvalue weighted by Crippen LogP contribution is 2.20. The predicted octanol–water partition coefficient (Wildman–Crippen LogP) is 3.43. The maximum atomic E-state index is 12.3. The highest BCUT2D eigenvalue weighted by atomic mass is 79.9. The van der Waals surface area contributed by atoms with E-state index in [4.69, 9.17) is 11.6 Å². The summed E-state index contributed by atoms with van der Waals surface area (Å²) in [5.41, 5.74) is 1.25. The Bertz CT molecular complexity index is 659. The standard InChI is InChI=1S/C13H14BrClN4O/c1-3-18-11(10(15)8-17-18)5-6-12(20)13-9(14)7-16-19(13)4-2/h5-8H,3-4H2,1-2H3/b6-5+. The third-order valence-electron chi connectivity index (χ3n) is 2.85. The van der Waals surface area contributed by atoms with Gasteiger partial charge >= 0.3 is 0 Å². The van der Waals surface area contributed by atoms with Crippen molar-refractivity contribution in [1.29, 1.82) is 0 Å². The molecule has 0 spiro atoms. The number of carbonyl (C=O) groups is 1. The topological polar surface area (TPSA) is 52.7 Å². The van der Waals surface area contributed by atoms with E-state index in [9.17, 15) is 4.79 Å². The highest BCUT2D eigenvalue weighted by Gasteiger charge is 2.14. The van der Waals surface area contributed by atoms with Gasteiger partial charge in [0.25, 0.3) is 0 Å². The molecule has 2 heterocycles. The second-order valence-corrected chi connectivity index (χ2v) is 5.31. The van der Waals surface area contributed by atoms with Gasteiger partial charge in [-0.25, -0.2) is 0 Å². The minimum atomic E-state index is -0.129. The zero-order valence-electron chi connectivity index (χ0n) is 11.2. The fraction of sp³-hybridized carbons (Fsp3) is 0.308. The van der Waals surface area contributed by atoms with Crippen LogP contribution in [0.3, 0.4) is 0 Å². The Morgan fingerprint density at radius 2 is 1.95 bits per heavy atom. The summed E-state index contributed by atoms with van der Waals surface area (Å²) >= 11 is 9.39. The molecule has 106 valence electrons. The van der Waals surface area contributed by atoms with E-state index in [1.165, 1.54) is 6.08 Å². The van der Waals surface area contributed by atoms with Crippen molar-refractivity contribution in [3.05, 3.63) is 39.4 Å². The lowest BCUT2D eigenvalue weighted by molar-refractivity contribution is 0.103. The summed E-state index contributed by atoms with van der Waals surface area (Å²) in [7, 11) is 0. The van der Waals surface area contributed by atoms with E-state index in [1.807, 2.05) is 13.8 Å². The minimum absolute atomic E-state index is 0.129. The van der Waals surface area contributed by atoms with Crippen molar-refractivity contribution in [2.24, 2.45) is 0 Å². The van der Waals surface area contributed by atoms with Gasteiger partial charge in [0, 0.05) is 13.1 Å². The van der Waals surface area contributed by atoms with Crippen molar-refractivity contribution >= 4 is 39.4 Å². The second kappa shape index (κ2) is 6.37. The molecule has 0 aromatic carbocycles. The molecule has 0 saturated carbocycles. The van der Waals surface area contributed by atoms with Crippen molar-refractivity contribution < 1.29 is 4.79 Å². The average Bonchev–Trinajstić information content (AvgIpc) is 2.99. The maximum Gasteiger partial charge on any atom is 0.205 e. The van der Waals surface area contributed by atoms with Crippen LogP contribution in [0.5, 0.6) is 0 Å². The van der Waals surface area contributed by atoms with Crippen molar-refractivity contribution in [2.45, 2.75) is 26.9 Å². The van der Waals surface area contributed by atoms with Gasteiger partial charge in [-0.05, 0) is 41.9 Å². The van der Waals surface area contributed by atoms with E-state index in [-0.39, 0.29) is 5.78 Å². The first-order chi connectivity index (χ1) is 9.58. The van der Waals surface area contributed by atoms with E-state index in [0.29, 0.717) is 28.3 Å². The Morgan fingerprint density at radius 3 is 2.60 bits per heavy atom. The van der Waals surface area contributed by atoms with Gasteiger partial charge in [-0.3, -0.25) is 14.2 Å². The molecule has 0 unspecified atom stereocenters. The Hall–Kier alpha value is -1.40. The fourth-order valence-corrected chi connectivity index (χ4v) is 2.57. The first-order valence-corrected chi connectivity index (χ1v) is 7.40. The predicted molar refractivity (Wildman–Crippen MR) is 81.9 cm³/mol. The molecular weight excluding hydrogens is 344 g/mol. The molecule has 2 rings (SSSR count). The SMILES string of the molecule is CCn1ncc(Cl)c1/C=C/C(=O)c1c(Br)cnn1CC. The van der Waals surface area contributed by atoms with Crippen LogP contribution in [-0.2, 0) is 13.1 Å². The molecule has 0 aliphatic rings. The van der Waals surface area contributed by atoms with Crippen molar-refractivity contribution in [1.82, 2.24) is 19.6 Å². The molecule has 0 radical (unpaired) electrons. The van der Waals surface area contributed by atoms with E-state index in [1.54, 1.807) is 27.8 Å². The van der Waals surface area contributed by atoms with Crippen molar-refractivity contribution in [3.63, 3.8) is 0 Å². The van der Waals surface area contributed by atoms with Crippen LogP contribution >= 0.6 is 27.5 Å². The number of ketones is 1. The molecule has 0 atom stereocenters. The lowest BCUT2D eigenvalue weighted by atomic mass is 10.2. The summed E-state index contributed by atoms with van der Waals surface area (Å²) in [6.45, 7) is 5.22. The third-order valence-corrected chi connectivity index (χ3v) is 3.72. The third kappa shape index (κ3) is 2.86. The quantitative estimate of drug-likeness (QED) is 0.608. The van der Waals surface area contributed by atoms with E-state index in [0.717, 1.165) is 5.69 Å². The number of halogens is 2. The molecule has 0 amide bonds. The Balaban J connectivity index is 2.29. The molecule has 0 saturated heterocycles. The van der Waals surface area contributed by atoms with Gasteiger partial charge in [0.15, 0.2) is 0 Å². The summed E-state index contributed by atoms with van der Waals surface area (Å²) in [4.78, 5) is 12.3. The van der Waals surface area contributed by atoms with Crippen LogP contribution in [0.25, 0.3) is 6.08 Å². The van der Waals surface area contributed by atoms with Crippen molar-refractivity contribution in [2.75, 3.05) is 0 Å². The summed E-state index contributed by atoms with van der Waals surface area (Å²) in [6.07, 6.45) is 6.36. The number of rotatable bonds is 5. The molecule has 0 fully saturated rings. The number of nitrogens with zero attached hydrogens (tertiary/aromatic N) is 4. The maximum absolute atomic E-state index is 12.3. The normalized spacial score (nSPS) is 11.4. The van der Waals surface area contributed by atoms with Gasteiger partial charge in [-0.1, -0.05) is 11.6 Å².